The zero-order chi connectivity index (χ0) is 9.64. The van der Waals surface area contributed by atoms with Gasteiger partial charge in [0.15, 0.2) is 0 Å². The molecular formula is C10H18S4. The molecule has 0 bridgehead atoms. The van der Waals surface area contributed by atoms with E-state index >= 15 is 0 Å². The van der Waals surface area contributed by atoms with Crippen molar-refractivity contribution in [3.63, 3.8) is 0 Å². The zero-order valence-electron chi connectivity index (χ0n) is 8.44. The minimum Gasteiger partial charge on any atom is -0.161 e. The molecule has 0 nitrogen and oxygen atoms in total. The van der Waals surface area contributed by atoms with Crippen LogP contribution in [0.15, 0.2) is 0 Å². The molecule has 0 aromatic rings. The summed E-state index contributed by atoms with van der Waals surface area (Å²) in [7, 11) is 0. The number of unbranched alkanes of at least 4 members (excludes halogenated alkanes) is 1. The summed E-state index contributed by atoms with van der Waals surface area (Å²) in [6, 6.07) is 0. The van der Waals surface area contributed by atoms with Gasteiger partial charge in [-0.2, -0.15) is 47.0 Å². The Hall–Kier alpha value is 1.40. The van der Waals surface area contributed by atoms with Gasteiger partial charge in [-0.1, -0.05) is 0 Å². The van der Waals surface area contributed by atoms with Crippen LogP contribution < -0.4 is 0 Å². The summed E-state index contributed by atoms with van der Waals surface area (Å²) < 4.78 is 0. The van der Waals surface area contributed by atoms with Crippen molar-refractivity contribution >= 4 is 47.0 Å². The lowest BCUT2D eigenvalue weighted by molar-refractivity contribution is 0.902. The molecule has 2 aliphatic rings. The maximum atomic E-state index is 2.21. The molecule has 0 radical (unpaired) electrons. The molecule has 0 aliphatic carbocycles. The molecule has 1 atom stereocenters. The fourth-order valence-electron chi connectivity index (χ4n) is 1.25. The van der Waals surface area contributed by atoms with Crippen molar-refractivity contribution in [1.29, 1.82) is 0 Å². The quantitative estimate of drug-likeness (QED) is 0.487. The van der Waals surface area contributed by atoms with Crippen LogP contribution in [0.5, 0.6) is 0 Å². The van der Waals surface area contributed by atoms with Gasteiger partial charge in [-0.25, -0.2) is 0 Å². The van der Waals surface area contributed by atoms with Gasteiger partial charge >= 0.3 is 0 Å². The van der Waals surface area contributed by atoms with E-state index in [2.05, 4.69) is 47.0 Å². The van der Waals surface area contributed by atoms with Crippen LogP contribution >= 0.6 is 47.0 Å². The molecule has 0 aromatic heterocycles. The third-order valence-electron chi connectivity index (χ3n) is 2.35. The first kappa shape index (κ1) is 11.9. The molecule has 4 heteroatoms. The molecule has 14 heavy (non-hydrogen) atoms. The third-order valence-corrected chi connectivity index (χ3v) is 7.78. The van der Waals surface area contributed by atoms with Crippen molar-refractivity contribution < 1.29 is 0 Å². The van der Waals surface area contributed by atoms with Crippen molar-refractivity contribution in [3.8, 4) is 0 Å². The monoisotopic (exact) mass is 266 g/mol. The molecule has 2 saturated heterocycles. The van der Waals surface area contributed by atoms with E-state index < -0.39 is 0 Å². The number of hydrogen-bond acceptors (Lipinski definition) is 4. The fraction of sp³-hybridized carbons (Fsp3) is 1.00. The Morgan fingerprint density at radius 1 is 1.07 bits per heavy atom. The van der Waals surface area contributed by atoms with Gasteiger partial charge in [0, 0.05) is 33.5 Å². The van der Waals surface area contributed by atoms with E-state index in [1.54, 1.807) is 0 Å². The largest absolute Gasteiger partial charge is 0.161 e. The van der Waals surface area contributed by atoms with Gasteiger partial charge < -0.3 is 0 Å². The van der Waals surface area contributed by atoms with Gasteiger partial charge in [-0.15, -0.1) is 0 Å². The average Bonchev–Trinajstić information content (AvgIpc) is 2.90. The standard InChI is InChI=1S/C10H18S4/c1(3-11-5-10-8-14-10)2-4-13-9-6-12-7-9/h9-10H,1-8H2. The fourth-order valence-corrected chi connectivity index (χ4v) is 5.76. The second-order valence-electron chi connectivity index (χ2n) is 3.77. The lowest BCUT2D eigenvalue weighted by Crippen LogP contribution is -2.20. The van der Waals surface area contributed by atoms with Crippen LogP contribution in [-0.4, -0.2) is 45.0 Å². The van der Waals surface area contributed by atoms with Gasteiger partial charge in [0.25, 0.3) is 0 Å². The van der Waals surface area contributed by atoms with E-state index in [0.717, 1.165) is 10.5 Å². The van der Waals surface area contributed by atoms with Gasteiger partial charge in [0.1, 0.15) is 0 Å². The molecule has 2 heterocycles. The Balaban J connectivity index is 1.29. The SMILES string of the molecule is C(CCSC1CSC1)CSCC1CS1. The first-order valence-electron chi connectivity index (χ1n) is 5.34. The van der Waals surface area contributed by atoms with Crippen molar-refractivity contribution in [1.82, 2.24) is 0 Å². The van der Waals surface area contributed by atoms with E-state index in [1.165, 1.54) is 47.4 Å². The number of rotatable bonds is 8. The molecule has 2 aliphatic heterocycles. The summed E-state index contributed by atoms with van der Waals surface area (Å²) in [5.41, 5.74) is 0. The zero-order valence-corrected chi connectivity index (χ0v) is 11.7. The maximum absolute atomic E-state index is 2.21. The highest BCUT2D eigenvalue weighted by molar-refractivity contribution is 8.08. The molecule has 0 amide bonds. The molecule has 0 N–H and O–H groups in total. The highest BCUT2D eigenvalue weighted by Crippen LogP contribution is 2.33. The minimum absolute atomic E-state index is 1.01. The lowest BCUT2D eigenvalue weighted by atomic mass is 10.4. The van der Waals surface area contributed by atoms with Gasteiger partial charge in [-0.3, -0.25) is 0 Å². The summed E-state index contributed by atoms with van der Waals surface area (Å²) >= 11 is 8.60. The summed E-state index contributed by atoms with van der Waals surface area (Å²) in [5.74, 6) is 8.48. The molecule has 0 saturated carbocycles. The van der Waals surface area contributed by atoms with Crippen molar-refractivity contribution in [3.05, 3.63) is 0 Å². The Labute approximate surface area is 105 Å². The molecule has 82 valence electrons. The normalized spacial score (nSPS) is 26.1. The molecule has 1 unspecified atom stereocenters. The lowest BCUT2D eigenvalue weighted by Gasteiger charge is -2.23. The number of thioether (sulfide) groups is 4. The van der Waals surface area contributed by atoms with Crippen LogP contribution in [0.2, 0.25) is 0 Å². The van der Waals surface area contributed by atoms with E-state index in [0.29, 0.717) is 0 Å². The van der Waals surface area contributed by atoms with E-state index in [-0.39, 0.29) is 0 Å². The van der Waals surface area contributed by atoms with Gasteiger partial charge in [-0.05, 0) is 24.3 Å². The second-order valence-corrected chi connectivity index (χ2v) is 8.73. The van der Waals surface area contributed by atoms with E-state index in [9.17, 15) is 0 Å². The van der Waals surface area contributed by atoms with Crippen LogP contribution in [-0.2, 0) is 0 Å². The Bertz CT molecular complexity index is 154. The molecule has 0 spiro atoms. The average molecular weight is 267 g/mol. The topological polar surface area (TPSA) is 0 Å². The summed E-state index contributed by atoms with van der Waals surface area (Å²) in [5, 5.41) is 2.04. The predicted octanol–water partition coefficient (Wildman–Crippen LogP) is 3.46. The first-order chi connectivity index (χ1) is 6.95. The van der Waals surface area contributed by atoms with E-state index in [4.69, 9.17) is 0 Å². The molecule has 2 fully saturated rings. The number of hydrogen-bond donors (Lipinski definition) is 0. The van der Waals surface area contributed by atoms with Crippen molar-refractivity contribution in [2.75, 3.05) is 34.5 Å². The Morgan fingerprint density at radius 3 is 2.50 bits per heavy atom. The first-order valence-corrected chi connectivity index (χ1v) is 9.74. The smallest absolute Gasteiger partial charge is 0.0229 e. The van der Waals surface area contributed by atoms with Gasteiger partial charge in [0.05, 0.1) is 0 Å². The van der Waals surface area contributed by atoms with Crippen LogP contribution in [0.25, 0.3) is 0 Å². The van der Waals surface area contributed by atoms with Crippen molar-refractivity contribution in [2.45, 2.75) is 23.3 Å². The summed E-state index contributed by atoms with van der Waals surface area (Å²) in [4.78, 5) is 0. The van der Waals surface area contributed by atoms with Gasteiger partial charge in [0.2, 0.25) is 0 Å². The van der Waals surface area contributed by atoms with Crippen molar-refractivity contribution in [2.24, 2.45) is 0 Å². The molecule has 2 rings (SSSR count). The Kier molecular flexibility index (Phi) is 5.83. The third kappa shape index (κ3) is 4.95. The molecule has 0 aromatic carbocycles. The maximum Gasteiger partial charge on any atom is 0.0229 e. The Morgan fingerprint density at radius 2 is 1.86 bits per heavy atom. The van der Waals surface area contributed by atoms with Crippen LogP contribution in [0.3, 0.4) is 0 Å². The minimum atomic E-state index is 1.01. The summed E-state index contributed by atoms with van der Waals surface area (Å²) in [6.45, 7) is 0. The highest BCUT2D eigenvalue weighted by Gasteiger charge is 2.21. The van der Waals surface area contributed by atoms with E-state index in [1.807, 2.05) is 0 Å². The summed E-state index contributed by atoms with van der Waals surface area (Å²) in [6.07, 6.45) is 2.88. The van der Waals surface area contributed by atoms with Crippen LogP contribution in [0.4, 0.5) is 0 Å². The predicted molar refractivity (Wildman–Crippen MR) is 76.4 cm³/mol. The second kappa shape index (κ2) is 6.87. The molecular weight excluding hydrogens is 248 g/mol. The van der Waals surface area contributed by atoms with Crippen LogP contribution in [0.1, 0.15) is 12.8 Å². The van der Waals surface area contributed by atoms with Crippen LogP contribution in [0, 0.1) is 0 Å². The highest BCUT2D eigenvalue weighted by atomic mass is 32.2.